The van der Waals surface area contributed by atoms with Gasteiger partial charge in [0.05, 0.1) is 5.69 Å². The number of nitrogens with one attached hydrogen (secondary N) is 1. The second kappa shape index (κ2) is 6.82. The van der Waals surface area contributed by atoms with Gasteiger partial charge >= 0.3 is 0 Å². The van der Waals surface area contributed by atoms with E-state index in [1.807, 2.05) is 12.1 Å². The van der Waals surface area contributed by atoms with E-state index < -0.39 is 0 Å². The molecule has 5 heteroatoms. The van der Waals surface area contributed by atoms with Crippen molar-refractivity contribution in [2.75, 3.05) is 32.0 Å². The van der Waals surface area contributed by atoms with E-state index >= 15 is 0 Å². The fraction of sp³-hybridized carbons (Fsp3) is 0.571. The van der Waals surface area contributed by atoms with Crippen molar-refractivity contribution < 1.29 is 0 Å². The summed E-state index contributed by atoms with van der Waals surface area (Å²) in [4.78, 5) is 6.88. The Labute approximate surface area is 120 Å². The summed E-state index contributed by atoms with van der Waals surface area (Å²) in [5, 5.41) is 3.43. The highest BCUT2D eigenvalue weighted by molar-refractivity contribution is 7.80. The summed E-state index contributed by atoms with van der Waals surface area (Å²) >= 11 is 4.93. The Hall–Kier alpha value is -1.20. The number of thiocarbonyl (C=S) groups is 1. The summed E-state index contributed by atoms with van der Waals surface area (Å²) < 4.78 is 0. The Kier molecular flexibility index (Phi) is 5.10. The van der Waals surface area contributed by atoms with E-state index in [0.717, 1.165) is 18.2 Å². The van der Waals surface area contributed by atoms with Gasteiger partial charge in [0.2, 0.25) is 0 Å². The van der Waals surface area contributed by atoms with Gasteiger partial charge in [0.15, 0.2) is 0 Å². The van der Waals surface area contributed by atoms with Crippen molar-refractivity contribution in [2.45, 2.75) is 19.3 Å². The van der Waals surface area contributed by atoms with Crippen LogP contribution in [0, 0.1) is 5.92 Å². The standard InChI is InChI=1S/C14H22N4S/c1-18-8-4-11(5-9-18)2-6-16-12-3-7-17-13(10-12)14(15)19/h3,7,10-11H,2,4-6,8-9H2,1H3,(H2,15,19)(H,16,17). The molecule has 3 N–H and O–H groups in total. The Morgan fingerprint density at radius 2 is 2.26 bits per heavy atom. The molecule has 1 fully saturated rings. The van der Waals surface area contributed by atoms with Crippen LogP contribution in [0.25, 0.3) is 0 Å². The van der Waals surface area contributed by atoms with Gasteiger partial charge in [-0.15, -0.1) is 0 Å². The summed E-state index contributed by atoms with van der Waals surface area (Å²) in [6.45, 7) is 3.45. The van der Waals surface area contributed by atoms with Gasteiger partial charge in [0.25, 0.3) is 0 Å². The molecule has 0 radical (unpaired) electrons. The van der Waals surface area contributed by atoms with E-state index in [0.29, 0.717) is 10.7 Å². The fourth-order valence-corrected chi connectivity index (χ4v) is 2.56. The van der Waals surface area contributed by atoms with E-state index in [1.54, 1.807) is 6.20 Å². The number of piperidine rings is 1. The van der Waals surface area contributed by atoms with Crippen LogP contribution in [0.3, 0.4) is 0 Å². The highest BCUT2D eigenvalue weighted by Gasteiger charge is 2.15. The Balaban J connectivity index is 1.76. The quantitative estimate of drug-likeness (QED) is 0.805. The topological polar surface area (TPSA) is 54.2 Å². The van der Waals surface area contributed by atoms with Gasteiger partial charge in [-0.2, -0.15) is 0 Å². The number of nitrogens with two attached hydrogens (primary N) is 1. The van der Waals surface area contributed by atoms with Gasteiger partial charge in [-0.05, 0) is 57.5 Å². The highest BCUT2D eigenvalue weighted by atomic mass is 32.1. The van der Waals surface area contributed by atoms with Crippen molar-refractivity contribution in [3.05, 3.63) is 24.0 Å². The molecule has 0 aliphatic carbocycles. The minimum atomic E-state index is 0.346. The van der Waals surface area contributed by atoms with Crippen molar-refractivity contribution in [2.24, 2.45) is 11.7 Å². The second-order valence-corrected chi connectivity index (χ2v) is 5.70. The Morgan fingerprint density at radius 3 is 2.95 bits per heavy atom. The average molecular weight is 278 g/mol. The molecule has 1 aliphatic heterocycles. The summed E-state index contributed by atoms with van der Waals surface area (Å²) in [7, 11) is 2.20. The molecule has 1 aromatic rings. The van der Waals surface area contributed by atoms with Gasteiger partial charge < -0.3 is 16.0 Å². The van der Waals surface area contributed by atoms with Gasteiger partial charge in [-0.25, -0.2) is 0 Å². The number of rotatable bonds is 5. The van der Waals surface area contributed by atoms with Crippen LogP contribution in [-0.2, 0) is 0 Å². The smallest absolute Gasteiger partial charge is 0.122 e. The first kappa shape index (κ1) is 14.2. The number of nitrogens with zero attached hydrogens (tertiary/aromatic N) is 2. The molecule has 1 aromatic heterocycles. The molecule has 0 saturated carbocycles. The Bertz CT molecular complexity index is 427. The van der Waals surface area contributed by atoms with Crippen LogP contribution < -0.4 is 11.1 Å². The van der Waals surface area contributed by atoms with Gasteiger partial charge in [-0.1, -0.05) is 12.2 Å². The SMILES string of the molecule is CN1CCC(CCNc2ccnc(C(N)=S)c2)CC1. The van der Waals surface area contributed by atoms with Crippen LogP contribution >= 0.6 is 12.2 Å². The molecular formula is C14H22N4S. The van der Waals surface area contributed by atoms with Gasteiger partial charge in [0, 0.05) is 18.4 Å². The van der Waals surface area contributed by atoms with E-state index in [9.17, 15) is 0 Å². The average Bonchev–Trinajstić information content (AvgIpc) is 2.41. The summed E-state index contributed by atoms with van der Waals surface area (Å²) in [6.07, 6.45) is 5.59. The van der Waals surface area contributed by atoms with Crippen LogP contribution in [0.1, 0.15) is 25.0 Å². The van der Waals surface area contributed by atoms with E-state index in [-0.39, 0.29) is 0 Å². The zero-order valence-corrected chi connectivity index (χ0v) is 12.2. The van der Waals surface area contributed by atoms with Crippen molar-refractivity contribution >= 4 is 22.9 Å². The molecule has 19 heavy (non-hydrogen) atoms. The molecule has 0 atom stereocenters. The van der Waals surface area contributed by atoms with E-state index in [2.05, 4.69) is 22.2 Å². The monoisotopic (exact) mass is 278 g/mol. The zero-order chi connectivity index (χ0) is 13.7. The minimum Gasteiger partial charge on any atom is -0.388 e. The van der Waals surface area contributed by atoms with E-state index in [4.69, 9.17) is 18.0 Å². The molecule has 0 unspecified atom stereocenters. The third kappa shape index (κ3) is 4.44. The van der Waals surface area contributed by atoms with Crippen LogP contribution in [-0.4, -0.2) is 41.6 Å². The number of hydrogen-bond donors (Lipinski definition) is 2. The lowest BCUT2D eigenvalue weighted by Crippen LogP contribution is -2.30. The predicted molar refractivity (Wildman–Crippen MR) is 83.5 cm³/mol. The van der Waals surface area contributed by atoms with Crippen LogP contribution in [0.15, 0.2) is 18.3 Å². The first-order valence-electron chi connectivity index (χ1n) is 6.83. The molecule has 0 amide bonds. The van der Waals surface area contributed by atoms with Crippen molar-refractivity contribution in [1.82, 2.24) is 9.88 Å². The first-order valence-corrected chi connectivity index (χ1v) is 7.24. The molecular weight excluding hydrogens is 256 g/mol. The molecule has 0 spiro atoms. The molecule has 0 bridgehead atoms. The van der Waals surface area contributed by atoms with Gasteiger partial charge in [-0.3, -0.25) is 4.98 Å². The number of likely N-dealkylation sites (tertiary alicyclic amines) is 1. The van der Waals surface area contributed by atoms with Crippen molar-refractivity contribution in [1.29, 1.82) is 0 Å². The molecule has 2 heterocycles. The molecule has 0 aromatic carbocycles. The lowest BCUT2D eigenvalue weighted by Gasteiger charge is -2.29. The number of aromatic nitrogens is 1. The minimum absolute atomic E-state index is 0.346. The maximum Gasteiger partial charge on any atom is 0.122 e. The second-order valence-electron chi connectivity index (χ2n) is 5.26. The van der Waals surface area contributed by atoms with Crippen LogP contribution in [0.5, 0.6) is 0 Å². The summed E-state index contributed by atoms with van der Waals surface area (Å²) in [5.41, 5.74) is 7.30. The molecule has 104 valence electrons. The number of hydrogen-bond acceptors (Lipinski definition) is 4. The van der Waals surface area contributed by atoms with Crippen molar-refractivity contribution in [3.63, 3.8) is 0 Å². The molecule has 1 saturated heterocycles. The van der Waals surface area contributed by atoms with E-state index in [1.165, 1.54) is 32.4 Å². The van der Waals surface area contributed by atoms with Gasteiger partial charge in [0.1, 0.15) is 4.99 Å². The lowest BCUT2D eigenvalue weighted by atomic mass is 9.94. The summed E-state index contributed by atoms with van der Waals surface area (Å²) in [6, 6.07) is 3.87. The number of anilines is 1. The largest absolute Gasteiger partial charge is 0.388 e. The van der Waals surface area contributed by atoms with Crippen LogP contribution in [0.4, 0.5) is 5.69 Å². The lowest BCUT2D eigenvalue weighted by molar-refractivity contribution is 0.215. The number of pyridine rings is 1. The fourth-order valence-electron chi connectivity index (χ4n) is 2.45. The predicted octanol–water partition coefficient (Wildman–Crippen LogP) is 1.86. The normalized spacial score (nSPS) is 17.3. The van der Waals surface area contributed by atoms with Crippen molar-refractivity contribution in [3.8, 4) is 0 Å². The molecule has 4 nitrogen and oxygen atoms in total. The maximum atomic E-state index is 5.58. The first-order chi connectivity index (χ1) is 9.15. The molecule has 1 aliphatic rings. The third-order valence-corrected chi connectivity index (χ3v) is 3.94. The maximum absolute atomic E-state index is 5.58. The third-order valence-electron chi connectivity index (χ3n) is 3.73. The Morgan fingerprint density at radius 1 is 1.53 bits per heavy atom. The summed E-state index contributed by atoms with van der Waals surface area (Å²) in [5.74, 6) is 0.848. The zero-order valence-electron chi connectivity index (χ0n) is 11.4. The van der Waals surface area contributed by atoms with Crippen LogP contribution in [0.2, 0.25) is 0 Å². The molecule has 2 rings (SSSR count). The highest BCUT2D eigenvalue weighted by Crippen LogP contribution is 2.19.